The van der Waals surface area contributed by atoms with Gasteiger partial charge in [-0.2, -0.15) is 0 Å². The smallest absolute Gasteiger partial charge is 0.120 e. The van der Waals surface area contributed by atoms with Crippen molar-refractivity contribution in [2.75, 3.05) is 0 Å². The zero-order valence-electron chi connectivity index (χ0n) is 9.78. The average Bonchev–Trinajstić information content (AvgIpc) is 2.53. The fourth-order valence-corrected chi connectivity index (χ4v) is 1.63. The molecule has 2 heteroatoms. The van der Waals surface area contributed by atoms with E-state index in [9.17, 15) is 5.11 Å². The zero-order valence-corrected chi connectivity index (χ0v) is 9.78. The first-order valence-electron chi connectivity index (χ1n) is 5.27. The molecule has 82 valence electrons. The van der Waals surface area contributed by atoms with E-state index in [1.54, 1.807) is 13.8 Å². The summed E-state index contributed by atoms with van der Waals surface area (Å²) in [7, 11) is 1.98. The van der Waals surface area contributed by atoms with Gasteiger partial charge in [-0.15, -0.1) is 0 Å². The van der Waals surface area contributed by atoms with Crippen molar-refractivity contribution in [3.8, 4) is 11.8 Å². The molecule has 0 saturated heterocycles. The van der Waals surface area contributed by atoms with Crippen LogP contribution in [0.15, 0.2) is 30.3 Å². The lowest BCUT2D eigenvalue weighted by atomic mass is 10.1. The first kappa shape index (κ1) is 10.8. The summed E-state index contributed by atoms with van der Waals surface area (Å²) in [6, 6.07) is 10.2. The van der Waals surface area contributed by atoms with E-state index >= 15 is 0 Å². The maximum absolute atomic E-state index is 9.56. The Morgan fingerprint density at radius 3 is 2.56 bits per heavy atom. The number of para-hydroxylation sites is 1. The molecule has 1 heterocycles. The van der Waals surface area contributed by atoms with Crippen LogP contribution >= 0.6 is 0 Å². The number of aliphatic hydroxyl groups is 1. The van der Waals surface area contributed by atoms with Crippen molar-refractivity contribution in [3.05, 3.63) is 36.0 Å². The fourth-order valence-electron chi connectivity index (χ4n) is 1.63. The summed E-state index contributed by atoms with van der Waals surface area (Å²) < 4.78 is 2.04. The molecule has 0 aliphatic heterocycles. The molecule has 16 heavy (non-hydrogen) atoms. The summed E-state index contributed by atoms with van der Waals surface area (Å²) in [4.78, 5) is 0. The van der Waals surface area contributed by atoms with Gasteiger partial charge in [0.2, 0.25) is 0 Å². The van der Waals surface area contributed by atoms with Crippen LogP contribution in [-0.4, -0.2) is 15.3 Å². The highest BCUT2D eigenvalue weighted by Crippen LogP contribution is 2.17. The van der Waals surface area contributed by atoms with Gasteiger partial charge in [-0.05, 0) is 31.9 Å². The molecule has 0 unspecified atom stereocenters. The number of aromatic nitrogens is 1. The molecular weight excluding hydrogens is 198 g/mol. The number of hydrogen-bond acceptors (Lipinski definition) is 1. The van der Waals surface area contributed by atoms with E-state index in [-0.39, 0.29) is 0 Å². The molecule has 0 aliphatic rings. The molecule has 1 N–H and O–H groups in total. The van der Waals surface area contributed by atoms with Gasteiger partial charge in [0.15, 0.2) is 0 Å². The lowest BCUT2D eigenvalue weighted by molar-refractivity contribution is 0.143. The van der Waals surface area contributed by atoms with Gasteiger partial charge in [0.1, 0.15) is 5.60 Å². The van der Waals surface area contributed by atoms with Crippen LogP contribution in [0.25, 0.3) is 10.9 Å². The SMILES string of the molecule is Cn1c(C#CC(C)(C)O)cc2ccccc21. The topological polar surface area (TPSA) is 25.2 Å². The van der Waals surface area contributed by atoms with Crippen molar-refractivity contribution in [1.82, 2.24) is 4.57 Å². The van der Waals surface area contributed by atoms with Gasteiger partial charge in [0, 0.05) is 18.0 Å². The highest BCUT2D eigenvalue weighted by Gasteiger charge is 2.07. The number of aryl methyl sites for hydroxylation is 1. The number of fused-ring (bicyclic) bond motifs is 1. The lowest BCUT2D eigenvalue weighted by Gasteiger charge is -2.06. The first-order chi connectivity index (χ1) is 7.47. The third kappa shape index (κ3) is 2.10. The molecule has 0 atom stereocenters. The molecule has 0 aliphatic carbocycles. The minimum Gasteiger partial charge on any atom is -0.378 e. The Kier molecular flexibility index (Phi) is 2.49. The highest BCUT2D eigenvalue weighted by atomic mass is 16.3. The Hall–Kier alpha value is -1.72. The third-order valence-electron chi connectivity index (χ3n) is 2.45. The van der Waals surface area contributed by atoms with E-state index < -0.39 is 5.60 Å². The van der Waals surface area contributed by atoms with Crippen LogP contribution in [0.5, 0.6) is 0 Å². The number of hydrogen-bond donors (Lipinski definition) is 1. The van der Waals surface area contributed by atoms with Crippen molar-refractivity contribution >= 4 is 10.9 Å². The third-order valence-corrected chi connectivity index (χ3v) is 2.45. The van der Waals surface area contributed by atoms with Crippen LogP contribution in [0, 0.1) is 11.8 Å². The van der Waals surface area contributed by atoms with Crippen LogP contribution in [0.3, 0.4) is 0 Å². The zero-order chi connectivity index (χ0) is 11.8. The van der Waals surface area contributed by atoms with E-state index in [4.69, 9.17) is 0 Å². The van der Waals surface area contributed by atoms with E-state index in [1.807, 2.05) is 29.8 Å². The van der Waals surface area contributed by atoms with Crippen LogP contribution in [0.2, 0.25) is 0 Å². The standard InChI is InChI=1S/C14H15NO/c1-14(2,16)9-8-12-10-11-6-4-5-7-13(11)15(12)3/h4-7,10,16H,1-3H3. The predicted octanol–water partition coefficient (Wildman–Crippen LogP) is 2.30. The van der Waals surface area contributed by atoms with E-state index in [0.717, 1.165) is 11.2 Å². The molecule has 0 spiro atoms. The highest BCUT2D eigenvalue weighted by molar-refractivity contribution is 5.82. The Morgan fingerprint density at radius 1 is 1.25 bits per heavy atom. The Morgan fingerprint density at radius 2 is 1.94 bits per heavy atom. The van der Waals surface area contributed by atoms with Gasteiger partial charge in [-0.1, -0.05) is 24.1 Å². The van der Waals surface area contributed by atoms with Crippen molar-refractivity contribution in [1.29, 1.82) is 0 Å². The quantitative estimate of drug-likeness (QED) is 0.667. The summed E-state index contributed by atoms with van der Waals surface area (Å²) in [6.45, 7) is 3.37. The number of nitrogens with zero attached hydrogens (tertiary/aromatic N) is 1. The second-order valence-electron chi connectivity index (χ2n) is 4.46. The summed E-state index contributed by atoms with van der Waals surface area (Å²) >= 11 is 0. The maximum Gasteiger partial charge on any atom is 0.120 e. The van der Waals surface area contributed by atoms with Gasteiger partial charge in [-0.25, -0.2) is 0 Å². The van der Waals surface area contributed by atoms with Gasteiger partial charge >= 0.3 is 0 Å². The van der Waals surface area contributed by atoms with Crippen molar-refractivity contribution < 1.29 is 5.11 Å². The maximum atomic E-state index is 9.56. The minimum atomic E-state index is -0.948. The van der Waals surface area contributed by atoms with Gasteiger partial charge in [-0.3, -0.25) is 0 Å². The van der Waals surface area contributed by atoms with Crippen LogP contribution in [0.4, 0.5) is 0 Å². The molecule has 1 aromatic carbocycles. The first-order valence-corrected chi connectivity index (χ1v) is 5.27. The summed E-state index contributed by atoms with van der Waals surface area (Å²) in [5.74, 6) is 5.83. The summed E-state index contributed by atoms with van der Waals surface area (Å²) in [5, 5.41) is 10.7. The Balaban J connectivity index is 2.53. The predicted molar refractivity (Wildman–Crippen MR) is 66.1 cm³/mol. The molecule has 1 aromatic heterocycles. The lowest BCUT2D eigenvalue weighted by Crippen LogP contribution is -2.14. The summed E-state index contributed by atoms with van der Waals surface area (Å²) in [6.07, 6.45) is 0. The van der Waals surface area contributed by atoms with Gasteiger partial charge in [0.05, 0.1) is 5.69 Å². The van der Waals surface area contributed by atoms with Gasteiger partial charge < -0.3 is 9.67 Å². The number of benzene rings is 1. The normalized spacial score (nSPS) is 11.2. The average molecular weight is 213 g/mol. The van der Waals surface area contributed by atoms with Crippen LogP contribution < -0.4 is 0 Å². The van der Waals surface area contributed by atoms with E-state index in [0.29, 0.717) is 0 Å². The monoisotopic (exact) mass is 213 g/mol. The molecule has 2 nitrogen and oxygen atoms in total. The molecule has 0 bridgehead atoms. The molecule has 0 radical (unpaired) electrons. The molecule has 0 amide bonds. The molecule has 0 fully saturated rings. The molecular formula is C14H15NO. The summed E-state index contributed by atoms with van der Waals surface area (Å²) in [5.41, 5.74) is 1.13. The molecule has 0 saturated carbocycles. The minimum absolute atomic E-state index is 0.920. The van der Waals surface area contributed by atoms with Crippen LogP contribution in [-0.2, 0) is 7.05 Å². The second-order valence-corrected chi connectivity index (χ2v) is 4.46. The van der Waals surface area contributed by atoms with Crippen molar-refractivity contribution in [3.63, 3.8) is 0 Å². The number of rotatable bonds is 0. The fraction of sp³-hybridized carbons (Fsp3) is 0.286. The molecule has 2 aromatic rings. The van der Waals surface area contributed by atoms with E-state index in [1.165, 1.54) is 5.39 Å². The van der Waals surface area contributed by atoms with E-state index in [2.05, 4.69) is 24.0 Å². The Bertz CT molecular complexity index is 576. The Labute approximate surface area is 95.5 Å². The van der Waals surface area contributed by atoms with Crippen molar-refractivity contribution in [2.45, 2.75) is 19.4 Å². The second kappa shape index (κ2) is 3.70. The molecule has 2 rings (SSSR count). The van der Waals surface area contributed by atoms with Crippen LogP contribution in [0.1, 0.15) is 19.5 Å². The van der Waals surface area contributed by atoms with Crippen molar-refractivity contribution in [2.24, 2.45) is 7.05 Å². The van der Waals surface area contributed by atoms with Gasteiger partial charge in [0.25, 0.3) is 0 Å². The largest absolute Gasteiger partial charge is 0.378 e.